The van der Waals surface area contributed by atoms with Gasteiger partial charge < -0.3 is 5.32 Å². The van der Waals surface area contributed by atoms with Crippen molar-refractivity contribution in [1.29, 1.82) is 0 Å². The van der Waals surface area contributed by atoms with Crippen LogP contribution < -0.4 is 5.32 Å². The molecule has 0 radical (unpaired) electrons. The molecule has 2 aliphatic rings. The van der Waals surface area contributed by atoms with Crippen LogP contribution in [0.2, 0.25) is 5.02 Å². The van der Waals surface area contributed by atoms with Gasteiger partial charge in [-0.2, -0.15) is 0 Å². The van der Waals surface area contributed by atoms with E-state index in [-0.39, 0.29) is 0 Å². The number of hydrogen-bond donors (Lipinski definition) is 1. The highest BCUT2D eigenvalue weighted by atomic mass is 35.5. The van der Waals surface area contributed by atoms with E-state index in [0.29, 0.717) is 12.1 Å². The molecular weight excluding hydrogens is 254 g/mol. The van der Waals surface area contributed by atoms with E-state index < -0.39 is 0 Å². The third-order valence-corrected chi connectivity index (χ3v) is 5.12. The Balaban J connectivity index is 1.68. The van der Waals surface area contributed by atoms with Gasteiger partial charge in [-0.1, -0.05) is 36.6 Å². The van der Waals surface area contributed by atoms with E-state index in [2.05, 4.69) is 24.4 Å². The standard InChI is InChI=1S/C17H24ClN/c1-12(13-4-2-3-5-13)19-17(14-6-7-14)15-8-10-16(18)11-9-15/h8-14,17,19H,2-7H2,1H3/t12-,17?/m1/s1. The Kier molecular flexibility index (Phi) is 4.14. The van der Waals surface area contributed by atoms with E-state index in [1.807, 2.05) is 12.1 Å². The predicted molar refractivity (Wildman–Crippen MR) is 81.5 cm³/mol. The summed E-state index contributed by atoms with van der Waals surface area (Å²) in [6.07, 6.45) is 8.41. The molecule has 19 heavy (non-hydrogen) atoms. The van der Waals surface area contributed by atoms with Gasteiger partial charge in [0.25, 0.3) is 0 Å². The summed E-state index contributed by atoms with van der Waals surface area (Å²) in [7, 11) is 0. The van der Waals surface area contributed by atoms with Gasteiger partial charge in [-0.25, -0.2) is 0 Å². The average Bonchev–Trinajstić information content (AvgIpc) is 3.10. The van der Waals surface area contributed by atoms with Crippen molar-refractivity contribution < 1.29 is 0 Å². The number of nitrogens with one attached hydrogen (secondary N) is 1. The summed E-state index contributed by atoms with van der Waals surface area (Å²) in [6, 6.07) is 9.61. The fourth-order valence-electron chi connectivity index (χ4n) is 3.48. The maximum absolute atomic E-state index is 6.00. The van der Waals surface area contributed by atoms with Gasteiger partial charge in [0.1, 0.15) is 0 Å². The zero-order chi connectivity index (χ0) is 13.2. The van der Waals surface area contributed by atoms with E-state index >= 15 is 0 Å². The third kappa shape index (κ3) is 3.32. The molecule has 2 heteroatoms. The van der Waals surface area contributed by atoms with Crippen LogP contribution in [0.4, 0.5) is 0 Å². The highest BCUT2D eigenvalue weighted by Gasteiger charge is 2.34. The summed E-state index contributed by atoms with van der Waals surface area (Å²) < 4.78 is 0. The van der Waals surface area contributed by atoms with E-state index in [1.165, 1.54) is 44.1 Å². The van der Waals surface area contributed by atoms with Gasteiger partial charge in [-0.3, -0.25) is 0 Å². The van der Waals surface area contributed by atoms with Crippen molar-refractivity contribution in [3.8, 4) is 0 Å². The summed E-state index contributed by atoms with van der Waals surface area (Å²) in [5.74, 6) is 1.72. The summed E-state index contributed by atoms with van der Waals surface area (Å²) in [5, 5.41) is 4.75. The third-order valence-electron chi connectivity index (χ3n) is 4.87. The van der Waals surface area contributed by atoms with Gasteiger partial charge in [0.15, 0.2) is 0 Å². The van der Waals surface area contributed by atoms with E-state index in [0.717, 1.165) is 16.9 Å². The van der Waals surface area contributed by atoms with E-state index in [1.54, 1.807) is 0 Å². The maximum Gasteiger partial charge on any atom is 0.0406 e. The van der Waals surface area contributed by atoms with Crippen molar-refractivity contribution >= 4 is 11.6 Å². The second-order valence-electron chi connectivity index (χ2n) is 6.37. The molecule has 1 unspecified atom stereocenters. The Hall–Kier alpha value is -0.530. The van der Waals surface area contributed by atoms with Crippen LogP contribution >= 0.6 is 11.6 Å². The Morgan fingerprint density at radius 3 is 2.21 bits per heavy atom. The first-order valence-corrected chi connectivity index (χ1v) is 8.13. The van der Waals surface area contributed by atoms with E-state index in [9.17, 15) is 0 Å². The van der Waals surface area contributed by atoms with Crippen molar-refractivity contribution in [2.75, 3.05) is 0 Å². The van der Waals surface area contributed by atoms with Gasteiger partial charge in [0, 0.05) is 17.1 Å². The molecule has 104 valence electrons. The molecule has 0 saturated heterocycles. The normalized spacial score (nSPS) is 23.5. The average molecular weight is 278 g/mol. The van der Waals surface area contributed by atoms with Gasteiger partial charge in [0.2, 0.25) is 0 Å². The lowest BCUT2D eigenvalue weighted by molar-refractivity contribution is 0.327. The van der Waals surface area contributed by atoms with Crippen molar-refractivity contribution in [1.82, 2.24) is 5.32 Å². The van der Waals surface area contributed by atoms with Crippen LogP contribution in [0.3, 0.4) is 0 Å². The molecule has 1 aromatic rings. The Morgan fingerprint density at radius 1 is 1.00 bits per heavy atom. The summed E-state index contributed by atoms with van der Waals surface area (Å²) in [4.78, 5) is 0. The van der Waals surface area contributed by atoms with Crippen molar-refractivity contribution in [2.24, 2.45) is 11.8 Å². The fourth-order valence-corrected chi connectivity index (χ4v) is 3.61. The molecule has 1 N–H and O–H groups in total. The molecule has 1 nitrogen and oxygen atoms in total. The number of halogens is 1. The summed E-state index contributed by atoms with van der Waals surface area (Å²) >= 11 is 6.00. The van der Waals surface area contributed by atoms with Crippen molar-refractivity contribution in [3.05, 3.63) is 34.9 Å². The molecule has 0 bridgehead atoms. The van der Waals surface area contributed by atoms with Crippen LogP contribution in [-0.2, 0) is 0 Å². The van der Waals surface area contributed by atoms with Crippen molar-refractivity contribution in [3.63, 3.8) is 0 Å². The lowest BCUT2D eigenvalue weighted by Crippen LogP contribution is -2.36. The smallest absolute Gasteiger partial charge is 0.0406 e. The van der Waals surface area contributed by atoms with E-state index in [4.69, 9.17) is 11.6 Å². The molecule has 0 heterocycles. The molecule has 0 aromatic heterocycles. The molecule has 0 aliphatic heterocycles. The minimum Gasteiger partial charge on any atom is -0.307 e. The molecule has 0 amide bonds. The molecule has 3 rings (SSSR count). The largest absolute Gasteiger partial charge is 0.307 e. The lowest BCUT2D eigenvalue weighted by Gasteiger charge is -2.27. The number of hydrogen-bond acceptors (Lipinski definition) is 1. The first kappa shape index (κ1) is 13.5. The SMILES string of the molecule is C[C@@H](NC(c1ccc(Cl)cc1)C1CC1)C1CCCC1. The van der Waals surface area contributed by atoms with Gasteiger partial charge in [0.05, 0.1) is 0 Å². The Morgan fingerprint density at radius 2 is 1.63 bits per heavy atom. The highest BCUT2D eigenvalue weighted by Crippen LogP contribution is 2.42. The monoisotopic (exact) mass is 277 g/mol. The minimum absolute atomic E-state index is 0.535. The van der Waals surface area contributed by atoms with Crippen LogP contribution in [0.5, 0.6) is 0 Å². The first-order chi connectivity index (χ1) is 9.24. The molecule has 2 atom stereocenters. The lowest BCUT2D eigenvalue weighted by atomic mass is 9.95. The van der Waals surface area contributed by atoms with Crippen LogP contribution in [0.15, 0.2) is 24.3 Å². The highest BCUT2D eigenvalue weighted by molar-refractivity contribution is 6.30. The number of benzene rings is 1. The van der Waals surface area contributed by atoms with Crippen molar-refractivity contribution in [2.45, 2.75) is 57.5 Å². The summed E-state index contributed by atoms with van der Waals surface area (Å²) in [5.41, 5.74) is 1.41. The molecule has 1 aromatic carbocycles. The fraction of sp³-hybridized carbons (Fsp3) is 0.647. The quantitative estimate of drug-likeness (QED) is 0.802. The van der Waals surface area contributed by atoms with Crippen LogP contribution in [0.25, 0.3) is 0 Å². The summed E-state index contributed by atoms with van der Waals surface area (Å²) in [6.45, 7) is 2.38. The molecule has 2 fully saturated rings. The topological polar surface area (TPSA) is 12.0 Å². The molecule has 0 spiro atoms. The number of rotatable bonds is 5. The predicted octanol–water partition coefficient (Wildman–Crippen LogP) is 4.96. The van der Waals surface area contributed by atoms with Crippen LogP contribution in [0.1, 0.15) is 57.1 Å². The Bertz CT molecular complexity index is 404. The van der Waals surface area contributed by atoms with Crippen LogP contribution in [-0.4, -0.2) is 6.04 Å². The first-order valence-electron chi connectivity index (χ1n) is 7.75. The molecule has 2 saturated carbocycles. The zero-order valence-electron chi connectivity index (χ0n) is 11.7. The minimum atomic E-state index is 0.535. The second kappa shape index (κ2) is 5.85. The van der Waals surface area contributed by atoms with Gasteiger partial charge in [-0.15, -0.1) is 0 Å². The van der Waals surface area contributed by atoms with Gasteiger partial charge >= 0.3 is 0 Å². The molecular formula is C17H24ClN. The molecule has 2 aliphatic carbocycles. The van der Waals surface area contributed by atoms with Crippen LogP contribution in [0, 0.1) is 11.8 Å². The Labute approximate surface area is 121 Å². The second-order valence-corrected chi connectivity index (χ2v) is 6.80. The maximum atomic E-state index is 6.00. The van der Waals surface area contributed by atoms with Gasteiger partial charge in [-0.05, 0) is 62.1 Å². The zero-order valence-corrected chi connectivity index (χ0v) is 12.5.